The zero-order chi connectivity index (χ0) is 14.0. The van der Waals surface area contributed by atoms with Gasteiger partial charge in [0.25, 0.3) is 0 Å². The van der Waals surface area contributed by atoms with Gasteiger partial charge < -0.3 is 9.84 Å². The Labute approximate surface area is 120 Å². The number of hydrogen-bond acceptors (Lipinski definition) is 3. The summed E-state index contributed by atoms with van der Waals surface area (Å²) >= 11 is 4.87. The first-order valence-electron chi connectivity index (χ1n) is 5.53. The average Bonchev–Trinajstić information content (AvgIpc) is 2.33. The van der Waals surface area contributed by atoms with Gasteiger partial charge >= 0.3 is 5.97 Å². The number of rotatable bonds is 4. The molecule has 1 unspecified atom stereocenters. The van der Waals surface area contributed by atoms with Crippen molar-refractivity contribution in [2.75, 3.05) is 7.11 Å². The van der Waals surface area contributed by atoms with Gasteiger partial charge in [-0.1, -0.05) is 15.9 Å². The van der Waals surface area contributed by atoms with E-state index in [-0.39, 0.29) is 0 Å². The Kier molecular flexibility index (Phi) is 5.10. The van der Waals surface area contributed by atoms with Crippen molar-refractivity contribution in [1.82, 2.24) is 0 Å². The number of ether oxygens (including phenoxy) is 1. The highest BCUT2D eigenvalue weighted by Crippen LogP contribution is 2.43. The number of carboxylic acid groups (broad SMARTS) is 1. The number of benzene rings is 1. The minimum atomic E-state index is -0.823. The van der Waals surface area contributed by atoms with Crippen LogP contribution in [0.4, 0.5) is 0 Å². The molecule has 0 spiro atoms. The van der Waals surface area contributed by atoms with E-state index in [9.17, 15) is 4.79 Å². The Morgan fingerprint density at radius 2 is 1.83 bits per heavy atom. The normalized spacial score (nSPS) is 12.3. The maximum Gasteiger partial charge on any atom is 0.316 e. The monoisotopic (exact) mass is 332 g/mol. The lowest BCUT2D eigenvalue weighted by Crippen LogP contribution is -2.12. The number of carboxylic acids is 1. The molecule has 0 aliphatic heterocycles. The van der Waals surface area contributed by atoms with Gasteiger partial charge in [-0.3, -0.25) is 4.79 Å². The van der Waals surface area contributed by atoms with Gasteiger partial charge in [0.15, 0.2) is 0 Å². The van der Waals surface area contributed by atoms with E-state index in [2.05, 4.69) is 15.9 Å². The summed E-state index contributed by atoms with van der Waals surface area (Å²) in [6.07, 6.45) is 0. The molecule has 0 radical (unpaired) electrons. The van der Waals surface area contributed by atoms with Gasteiger partial charge in [-0.05, 0) is 44.4 Å². The maximum atomic E-state index is 11.0. The molecule has 5 heteroatoms. The van der Waals surface area contributed by atoms with E-state index in [4.69, 9.17) is 9.84 Å². The molecule has 0 heterocycles. The first-order valence-corrected chi connectivity index (χ1v) is 7.21. The lowest BCUT2D eigenvalue weighted by Gasteiger charge is -2.19. The summed E-state index contributed by atoms with van der Waals surface area (Å²) in [5.74, 6) is -0.0536. The van der Waals surface area contributed by atoms with E-state index in [1.54, 1.807) is 14.0 Å². The lowest BCUT2D eigenvalue weighted by molar-refractivity contribution is -0.136. The van der Waals surface area contributed by atoms with Gasteiger partial charge in [0.2, 0.25) is 0 Å². The van der Waals surface area contributed by atoms with Gasteiger partial charge in [-0.15, -0.1) is 11.8 Å². The van der Waals surface area contributed by atoms with E-state index < -0.39 is 11.2 Å². The zero-order valence-corrected chi connectivity index (χ0v) is 13.5. The van der Waals surface area contributed by atoms with Crippen molar-refractivity contribution in [3.8, 4) is 5.75 Å². The van der Waals surface area contributed by atoms with Crippen LogP contribution in [0.2, 0.25) is 0 Å². The molecule has 1 aromatic rings. The van der Waals surface area contributed by atoms with E-state index >= 15 is 0 Å². The van der Waals surface area contributed by atoms with Gasteiger partial charge in [0, 0.05) is 4.47 Å². The highest BCUT2D eigenvalue weighted by molar-refractivity contribution is 9.10. The Hall–Kier alpha value is -0.680. The molecule has 0 fully saturated rings. The molecule has 0 aliphatic carbocycles. The zero-order valence-electron chi connectivity index (χ0n) is 11.1. The standard InChI is InChI=1S/C13H17BrO3S/c1-6-7(2)11(17-5)12(8(3)10(6)14)18-9(4)13(15)16/h9H,1-5H3,(H,15,16). The molecule has 0 saturated heterocycles. The fourth-order valence-electron chi connectivity index (χ4n) is 1.67. The molecule has 3 nitrogen and oxygen atoms in total. The van der Waals surface area contributed by atoms with Crippen molar-refractivity contribution < 1.29 is 14.6 Å². The quantitative estimate of drug-likeness (QED) is 0.848. The van der Waals surface area contributed by atoms with Crippen LogP contribution in [0, 0.1) is 20.8 Å². The summed E-state index contributed by atoms with van der Waals surface area (Å²) in [6, 6.07) is 0. The van der Waals surface area contributed by atoms with Crippen molar-refractivity contribution in [2.24, 2.45) is 0 Å². The summed E-state index contributed by atoms with van der Waals surface area (Å²) in [5.41, 5.74) is 3.18. The van der Waals surface area contributed by atoms with Gasteiger partial charge in [-0.2, -0.15) is 0 Å². The fourth-order valence-corrected chi connectivity index (χ4v) is 3.37. The highest BCUT2D eigenvalue weighted by atomic mass is 79.9. The summed E-state index contributed by atoms with van der Waals surface area (Å²) in [7, 11) is 1.62. The largest absolute Gasteiger partial charge is 0.495 e. The lowest BCUT2D eigenvalue weighted by atomic mass is 10.1. The minimum absolute atomic E-state index is 0.508. The molecular formula is C13H17BrO3S. The number of carbonyl (C=O) groups is 1. The molecule has 1 rings (SSSR count). The molecule has 0 aliphatic rings. The smallest absolute Gasteiger partial charge is 0.316 e. The van der Waals surface area contributed by atoms with E-state index in [0.29, 0.717) is 0 Å². The van der Waals surface area contributed by atoms with Crippen molar-refractivity contribution in [3.63, 3.8) is 0 Å². The van der Waals surface area contributed by atoms with Crippen LogP contribution in [-0.4, -0.2) is 23.4 Å². The van der Waals surface area contributed by atoms with Crippen LogP contribution in [0.1, 0.15) is 23.6 Å². The van der Waals surface area contributed by atoms with Crippen molar-refractivity contribution in [1.29, 1.82) is 0 Å². The molecule has 18 heavy (non-hydrogen) atoms. The first kappa shape index (κ1) is 15.4. The Balaban J connectivity index is 3.38. The van der Waals surface area contributed by atoms with Crippen LogP contribution >= 0.6 is 27.7 Å². The fraction of sp³-hybridized carbons (Fsp3) is 0.462. The molecule has 0 bridgehead atoms. The SMILES string of the molecule is COc1c(C)c(C)c(Br)c(C)c1SC(C)C(=O)O. The van der Waals surface area contributed by atoms with Crippen LogP contribution in [-0.2, 0) is 4.79 Å². The summed E-state index contributed by atoms with van der Waals surface area (Å²) in [6.45, 7) is 7.64. The molecule has 100 valence electrons. The van der Waals surface area contributed by atoms with Gasteiger partial charge in [0.05, 0.1) is 12.0 Å². The second-order valence-corrected chi connectivity index (χ2v) is 6.29. The van der Waals surface area contributed by atoms with Crippen molar-refractivity contribution in [2.45, 2.75) is 37.8 Å². The Morgan fingerprint density at radius 1 is 1.28 bits per heavy atom. The Bertz CT molecular complexity index is 486. The number of aliphatic carboxylic acids is 1. The van der Waals surface area contributed by atoms with Crippen molar-refractivity contribution >= 4 is 33.7 Å². The number of thioether (sulfide) groups is 1. The van der Waals surface area contributed by atoms with E-state index in [0.717, 1.165) is 31.8 Å². The molecule has 1 aromatic carbocycles. The van der Waals surface area contributed by atoms with E-state index in [1.807, 2.05) is 20.8 Å². The van der Waals surface area contributed by atoms with E-state index in [1.165, 1.54) is 11.8 Å². The summed E-state index contributed by atoms with van der Waals surface area (Å²) < 4.78 is 6.45. The molecular weight excluding hydrogens is 316 g/mol. The number of hydrogen-bond donors (Lipinski definition) is 1. The Morgan fingerprint density at radius 3 is 2.28 bits per heavy atom. The predicted molar refractivity (Wildman–Crippen MR) is 77.9 cm³/mol. The molecule has 1 N–H and O–H groups in total. The first-order chi connectivity index (χ1) is 8.31. The second-order valence-electron chi connectivity index (χ2n) is 4.15. The third kappa shape index (κ3) is 2.83. The molecule has 0 saturated carbocycles. The second kappa shape index (κ2) is 5.97. The minimum Gasteiger partial charge on any atom is -0.495 e. The molecule has 1 atom stereocenters. The number of methoxy groups -OCH3 is 1. The molecule has 0 aromatic heterocycles. The third-order valence-corrected chi connectivity index (χ3v) is 5.43. The average molecular weight is 333 g/mol. The van der Waals surface area contributed by atoms with Crippen LogP contribution in [0.25, 0.3) is 0 Å². The van der Waals surface area contributed by atoms with Crippen molar-refractivity contribution in [3.05, 3.63) is 21.2 Å². The number of halogens is 1. The van der Waals surface area contributed by atoms with Crippen LogP contribution in [0.3, 0.4) is 0 Å². The van der Waals surface area contributed by atoms with Crippen LogP contribution < -0.4 is 4.74 Å². The van der Waals surface area contributed by atoms with Crippen LogP contribution in [0.5, 0.6) is 5.75 Å². The topological polar surface area (TPSA) is 46.5 Å². The van der Waals surface area contributed by atoms with Gasteiger partial charge in [-0.25, -0.2) is 0 Å². The summed E-state index contributed by atoms with van der Waals surface area (Å²) in [4.78, 5) is 11.9. The summed E-state index contributed by atoms with van der Waals surface area (Å²) in [5, 5.41) is 8.51. The van der Waals surface area contributed by atoms with Crippen LogP contribution in [0.15, 0.2) is 9.37 Å². The third-order valence-electron chi connectivity index (χ3n) is 2.95. The van der Waals surface area contributed by atoms with Gasteiger partial charge in [0.1, 0.15) is 11.0 Å². The maximum absolute atomic E-state index is 11.0. The highest BCUT2D eigenvalue weighted by Gasteiger charge is 2.21. The molecule has 0 amide bonds. The predicted octanol–water partition coefficient (Wildman–Crippen LogP) is 3.95.